The van der Waals surface area contributed by atoms with Crippen molar-refractivity contribution >= 4 is 47.3 Å². The summed E-state index contributed by atoms with van der Waals surface area (Å²) in [5.74, 6) is -2.72. The molecule has 4 amide bonds. The van der Waals surface area contributed by atoms with Crippen molar-refractivity contribution in [1.82, 2.24) is 15.7 Å². The van der Waals surface area contributed by atoms with Gasteiger partial charge in [-0.15, -0.1) is 5.06 Å². The van der Waals surface area contributed by atoms with Crippen molar-refractivity contribution in [3.05, 3.63) is 71.9 Å². The van der Waals surface area contributed by atoms with Crippen LogP contribution in [-0.2, 0) is 81.1 Å². The van der Waals surface area contributed by atoms with Crippen LogP contribution in [0.1, 0.15) is 146 Å². The van der Waals surface area contributed by atoms with E-state index in [1.807, 2.05) is 52.0 Å². The van der Waals surface area contributed by atoms with Gasteiger partial charge in [-0.1, -0.05) is 61.4 Å². The molecule has 0 aromatic carbocycles. The molecule has 7 saturated heterocycles. The van der Waals surface area contributed by atoms with Gasteiger partial charge in [-0.3, -0.25) is 33.6 Å². The summed E-state index contributed by atoms with van der Waals surface area (Å²) in [5.41, 5.74) is 1.63. The van der Waals surface area contributed by atoms with E-state index < -0.39 is 48.7 Å². The standard InChI is InChI=1S/C32H44N2O10.C29H43NO8/c1-19(7-10-27-20(2)14-26(22(4)42-27)33-28(36)11-8-21(3)41-23(5)35)6-9-24-16-32(18-40-32)17-25(43-24)15-31(39)44-34-29(37)12-13-30(34)38;1-18(6-9-24-14-29(17-35-29)15-25(38-24)13-23(33)16-31)7-10-27-19(2)12-26(21(4)37-27)30-28(34)11-8-20(3)36-22(5)32/h6-9,11,20-22,24-27H,10,12-18H2,1-5H3,(H,33,36);6-9,11,19-21,24-27,31H,10,12-17H2,1-5H3,(H,30,34)/b9-6+,11-8-,19-7+;9-6+,11-8-,18-7+/t20-,21-,22+,24+,25+,26+,27-,32+;19-,20-,21+,24+,25+,26+,27-,29+/m00/s1. The first kappa shape index (κ1) is 65.5. The molecule has 7 aliphatic rings. The molecule has 82 heavy (non-hydrogen) atoms. The number of aliphatic hydroxyl groups excluding tert-OH is 1. The van der Waals surface area contributed by atoms with Crippen LogP contribution in [0.15, 0.2) is 71.9 Å². The highest BCUT2D eigenvalue weighted by Crippen LogP contribution is 2.44. The van der Waals surface area contributed by atoms with Crippen LogP contribution in [0.3, 0.4) is 0 Å². The average Bonchev–Trinajstić information content (AvgIpc) is 3.53. The van der Waals surface area contributed by atoms with Gasteiger partial charge in [0.2, 0.25) is 11.8 Å². The van der Waals surface area contributed by atoms with Crippen LogP contribution >= 0.6 is 0 Å². The highest BCUT2D eigenvalue weighted by Gasteiger charge is 2.53. The lowest BCUT2D eigenvalue weighted by Gasteiger charge is -2.39. The summed E-state index contributed by atoms with van der Waals surface area (Å²) in [6.45, 7) is 19.1. The van der Waals surface area contributed by atoms with Crippen molar-refractivity contribution in [3.8, 4) is 0 Å². The quantitative estimate of drug-likeness (QED) is 0.0371. The number of carbonyl (C=O) groups excluding carboxylic acids is 8. The minimum absolute atomic E-state index is 0.000130. The van der Waals surface area contributed by atoms with Crippen LogP contribution in [0.5, 0.6) is 0 Å². The number of aliphatic hydroxyl groups is 1. The topological polar surface area (TPSA) is 274 Å². The van der Waals surface area contributed by atoms with Gasteiger partial charge in [-0.2, -0.15) is 0 Å². The molecule has 7 fully saturated rings. The number of imide groups is 1. The van der Waals surface area contributed by atoms with Crippen molar-refractivity contribution in [2.75, 3.05) is 19.8 Å². The molecule has 0 aromatic heterocycles. The summed E-state index contributed by atoms with van der Waals surface area (Å²) in [7, 11) is 0. The van der Waals surface area contributed by atoms with E-state index in [0.717, 1.165) is 36.8 Å². The third kappa shape index (κ3) is 21.2. The van der Waals surface area contributed by atoms with Crippen LogP contribution in [-0.4, -0.2) is 162 Å². The fourth-order valence-corrected chi connectivity index (χ4v) is 11.1. The van der Waals surface area contributed by atoms with Crippen LogP contribution in [0, 0.1) is 11.8 Å². The Morgan fingerprint density at radius 2 is 1.05 bits per heavy atom. The molecular formula is C61H87N3O18. The van der Waals surface area contributed by atoms with E-state index in [1.54, 1.807) is 26.0 Å². The molecule has 0 aromatic rings. The summed E-state index contributed by atoms with van der Waals surface area (Å²) in [6, 6.07) is -0.229. The van der Waals surface area contributed by atoms with Crippen molar-refractivity contribution in [2.24, 2.45) is 11.8 Å². The molecule has 454 valence electrons. The minimum Gasteiger partial charge on any atom is -0.459 e. The van der Waals surface area contributed by atoms with Gasteiger partial charge in [0.05, 0.1) is 91.8 Å². The molecule has 0 unspecified atom stereocenters. The fourth-order valence-electron chi connectivity index (χ4n) is 11.1. The Hall–Kier alpha value is -5.68. The maximum atomic E-state index is 12.4. The van der Waals surface area contributed by atoms with Crippen LogP contribution in [0.4, 0.5) is 0 Å². The van der Waals surface area contributed by atoms with Crippen LogP contribution in [0.2, 0.25) is 0 Å². The minimum atomic E-state index is -0.682. The van der Waals surface area contributed by atoms with Crippen LogP contribution in [0.25, 0.3) is 0 Å². The lowest BCUT2D eigenvalue weighted by molar-refractivity contribution is -0.200. The lowest BCUT2D eigenvalue weighted by atomic mass is 9.88. The van der Waals surface area contributed by atoms with E-state index in [-0.39, 0.29) is 127 Å². The molecule has 7 heterocycles. The molecular weight excluding hydrogens is 1060 g/mol. The molecule has 0 bridgehead atoms. The predicted molar refractivity (Wildman–Crippen MR) is 298 cm³/mol. The number of nitrogens with zero attached hydrogens (tertiary/aromatic N) is 1. The highest BCUT2D eigenvalue weighted by atomic mass is 16.7. The number of Topliss-reactive ketones (excluding diaryl/α,β-unsaturated/α-hetero) is 1. The largest absolute Gasteiger partial charge is 0.459 e. The Morgan fingerprint density at radius 3 is 1.44 bits per heavy atom. The highest BCUT2D eigenvalue weighted by molar-refractivity contribution is 6.01. The Morgan fingerprint density at radius 1 is 0.634 bits per heavy atom. The molecule has 0 radical (unpaired) electrons. The number of esters is 2. The Bertz CT molecular complexity index is 2460. The second-order valence-electron chi connectivity index (χ2n) is 23.4. The fraction of sp³-hybridized carbons (Fsp3) is 0.672. The van der Waals surface area contributed by atoms with E-state index in [2.05, 4.69) is 36.6 Å². The maximum Gasteiger partial charge on any atom is 0.335 e. The van der Waals surface area contributed by atoms with E-state index in [4.69, 9.17) is 47.8 Å². The van der Waals surface area contributed by atoms with Gasteiger partial charge < -0.3 is 58.5 Å². The number of allylic oxidation sites excluding steroid dienone is 4. The first-order chi connectivity index (χ1) is 38.8. The third-order valence-corrected chi connectivity index (χ3v) is 15.7. The van der Waals surface area contributed by atoms with Gasteiger partial charge in [0.15, 0.2) is 5.78 Å². The SMILES string of the molecule is CC(=O)O[C@@H](C)/C=C\C(=O)N[C@@H]1C[C@H](C)[C@H](C/C=C(C)/C=C/[C@@H]2C[C@]3(CO3)C[C@@H](CC(=O)CO)O2)O[C@@H]1C.CC(=O)O[C@@H](C)/C=C\C(=O)N[C@@H]1C[C@H](C)[C@H](C/C=C(C)/C=C/[C@@H]2C[C@]3(CO3)C[C@@H](CC(=O)ON3C(=O)CCC3=O)O2)O[C@@H]1C. The third-order valence-electron chi connectivity index (χ3n) is 15.7. The molecule has 7 aliphatic heterocycles. The van der Waals surface area contributed by atoms with Gasteiger partial charge in [0.25, 0.3) is 11.8 Å². The van der Waals surface area contributed by atoms with Crippen molar-refractivity contribution in [3.63, 3.8) is 0 Å². The normalized spacial score (nSPS) is 33.8. The molecule has 3 N–H and O–H groups in total. The average molecular weight is 1150 g/mol. The zero-order valence-corrected chi connectivity index (χ0v) is 49.3. The number of epoxide rings is 2. The number of amides is 4. The van der Waals surface area contributed by atoms with E-state index in [0.29, 0.717) is 44.0 Å². The monoisotopic (exact) mass is 1150 g/mol. The number of rotatable bonds is 22. The zero-order chi connectivity index (χ0) is 59.9. The van der Waals surface area contributed by atoms with Gasteiger partial charge in [-0.05, 0) is 91.2 Å². The summed E-state index contributed by atoms with van der Waals surface area (Å²) < 4.78 is 46.2. The number of hydrogen-bond acceptors (Lipinski definition) is 18. The lowest BCUT2D eigenvalue weighted by Crippen LogP contribution is -2.50. The summed E-state index contributed by atoms with van der Waals surface area (Å²) in [5, 5.41) is 15.6. The van der Waals surface area contributed by atoms with Gasteiger partial charge >= 0.3 is 17.9 Å². The molecule has 0 saturated carbocycles. The number of carbonyl (C=O) groups is 8. The maximum absolute atomic E-state index is 12.4. The first-order valence-electron chi connectivity index (χ1n) is 28.9. The molecule has 21 nitrogen and oxygen atoms in total. The van der Waals surface area contributed by atoms with E-state index in [9.17, 15) is 38.4 Å². The van der Waals surface area contributed by atoms with E-state index >= 15 is 0 Å². The summed E-state index contributed by atoms with van der Waals surface area (Å²) >= 11 is 0. The van der Waals surface area contributed by atoms with Gasteiger partial charge in [0.1, 0.15) is 18.8 Å². The Labute approximate surface area is 481 Å². The molecule has 21 heteroatoms. The number of hydroxylamine groups is 2. The second-order valence-corrected chi connectivity index (χ2v) is 23.4. The van der Waals surface area contributed by atoms with Crippen molar-refractivity contribution in [2.45, 2.75) is 231 Å². The van der Waals surface area contributed by atoms with Crippen LogP contribution < -0.4 is 10.6 Å². The smallest absolute Gasteiger partial charge is 0.335 e. The van der Waals surface area contributed by atoms with Gasteiger partial charge in [0, 0.05) is 70.9 Å². The predicted octanol–water partition coefficient (Wildman–Crippen LogP) is 5.95. The van der Waals surface area contributed by atoms with E-state index in [1.165, 1.54) is 26.0 Å². The Balaban J connectivity index is 0.000000267. The molecule has 16 atom stereocenters. The molecule has 7 rings (SSSR count). The summed E-state index contributed by atoms with van der Waals surface area (Å²) in [4.78, 5) is 99.4. The van der Waals surface area contributed by atoms with Crippen molar-refractivity contribution < 1.29 is 86.2 Å². The first-order valence-corrected chi connectivity index (χ1v) is 28.9. The van der Waals surface area contributed by atoms with Gasteiger partial charge in [-0.25, -0.2) is 4.79 Å². The number of ether oxygens (including phenoxy) is 8. The molecule has 0 aliphatic carbocycles. The van der Waals surface area contributed by atoms with Crippen molar-refractivity contribution in [1.29, 1.82) is 0 Å². The number of hydrogen-bond donors (Lipinski definition) is 3. The zero-order valence-electron chi connectivity index (χ0n) is 49.3. The number of ketones is 1. The molecule has 2 spiro atoms. The second kappa shape index (κ2) is 30.2. The summed E-state index contributed by atoms with van der Waals surface area (Å²) in [6.07, 6.45) is 21.9. The number of nitrogens with one attached hydrogen (secondary N) is 2. The Kier molecular flexibility index (Phi) is 24.1.